The summed E-state index contributed by atoms with van der Waals surface area (Å²) in [6, 6.07) is 5.38. The first-order valence-corrected chi connectivity index (χ1v) is 5.52. The summed E-state index contributed by atoms with van der Waals surface area (Å²) in [7, 11) is 0. The Kier molecular flexibility index (Phi) is 3.03. The quantitative estimate of drug-likeness (QED) is 0.690. The smallest absolute Gasteiger partial charge is 0.0764 e. The molecule has 4 N–H and O–H groups in total. The van der Waals surface area contributed by atoms with E-state index in [4.69, 9.17) is 17.3 Å². The highest BCUT2D eigenvalue weighted by Crippen LogP contribution is 2.33. The molecule has 1 aromatic carbocycles. The SMILES string of the molecule is Nc1cccc(Cl)c1NCC(O)C1CC1. The van der Waals surface area contributed by atoms with Gasteiger partial charge in [0.15, 0.2) is 0 Å². The van der Waals surface area contributed by atoms with E-state index in [1.807, 2.05) is 0 Å². The van der Waals surface area contributed by atoms with Gasteiger partial charge in [0.05, 0.1) is 22.5 Å². The summed E-state index contributed by atoms with van der Waals surface area (Å²) in [5.41, 5.74) is 7.11. The molecule has 0 aromatic heterocycles. The maximum atomic E-state index is 9.69. The van der Waals surface area contributed by atoms with E-state index in [0.29, 0.717) is 23.2 Å². The van der Waals surface area contributed by atoms with E-state index in [-0.39, 0.29) is 6.10 Å². The fourth-order valence-corrected chi connectivity index (χ4v) is 1.83. The Hall–Kier alpha value is -0.930. The monoisotopic (exact) mass is 226 g/mol. The van der Waals surface area contributed by atoms with Crippen LogP contribution in [0.2, 0.25) is 5.02 Å². The minimum Gasteiger partial charge on any atom is -0.397 e. The van der Waals surface area contributed by atoms with E-state index in [0.717, 1.165) is 18.5 Å². The third-order valence-corrected chi connectivity index (χ3v) is 3.01. The number of hydrogen-bond acceptors (Lipinski definition) is 3. The van der Waals surface area contributed by atoms with E-state index in [2.05, 4.69) is 5.32 Å². The molecule has 0 spiro atoms. The van der Waals surface area contributed by atoms with Crippen LogP contribution in [0.15, 0.2) is 18.2 Å². The molecule has 0 saturated heterocycles. The molecule has 82 valence electrons. The molecule has 1 saturated carbocycles. The lowest BCUT2D eigenvalue weighted by Crippen LogP contribution is -2.21. The van der Waals surface area contributed by atoms with Crippen molar-refractivity contribution in [2.75, 3.05) is 17.6 Å². The van der Waals surface area contributed by atoms with E-state index < -0.39 is 0 Å². The molecule has 3 nitrogen and oxygen atoms in total. The second-order valence-electron chi connectivity index (χ2n) is 3.99. The van der Waals surface area contributed by atoms with E-state index in [1.54, 1.807) is 18.2 Å². The first-order chi connectivity index (χ1) is 7.18. The molecule has 0 heterocycles. The van der Waals surface area contributed by atoms with E-state index in [1.165, 1.54) is 0 Å². The summed E-state index contributed by atoms with van der Waals surface area (Å²) in [5.74, 6) is 0.459. The number of hydrogen-bond donors (Lipinski definition) is 3. The Morgan fingerprint density at radius 2 is 2.27 bits per heavy atom. The maximum Gasteiger partial charge on any atom is 0.0764 e. The molecule has 1 aliphatic rings. The summed E-state index contributed by atoms with van der Waals surface area (Å²) in [6.07, 6.45) is 1.96. The second-order valence-corrected chi connectivity index (χ2v) is 4.40. The van der Waals surface area contributed by atoms with Gasteiger partial charge >= 0.3 is 0 Å². The topological polar surface area (TPSA) is 58.3 Å². The number of benzene rings is 1. The molecule has 0 aliphatic heterocycles. The molecule has 0 radical (unpaired) electrons. The maximum absolute atomic E-state index is 9.69. The number of rotatable bonds is 4. The highest BCUT2D eigenvalue weighted by Gasteiger charge is 2.29. The number of aliphatic hydroxyl groups is 1. The Morgan fingerprint density at radius 3 is 2.87 bits per heavy atom. The first kappa shape index (κ1) is 10.6. The summed E-state index contributed by atoms with van der Waals surface area (Å²) < 4.78 is 0. The van der Waals surface area contributed by atoms with Crippen molar-refractivity contribution < 1.29 is 5.11 Å². The molecule has 1 aromatic rings. The van der Waals surface area contributed by atoms with Crippen LogP contribution < -0.4 is 11.1 Å². The van der Waals surface area contributed by atoms with Crippen LogP contribution in [0, 0.1) is 5.92 Å². The van der Waals surface area contributed by atoms with E-state index in [9.17, 15) is 5.11 Å². The number of para-hydroxylation sites is 1. The highest BCUT2D eigenvalue weighted by molar-refractivity contribution is 6.33. The van der Waals surface area contributed by atoms with Gasteiger partial charge in [-0.3, -0.25) is 0 Å². The summed E-state index contributed by atoms with van der Waals surface area (Å²) in [5, 5.41) is 13.4. The average molecular weight is 227 g/mol. The zero-order valence-electron chi connectivity index (χ0n) is 8.41. The molecule has 2 rings (SSSR count). The van der Waals surface area contributed by atoms with Gasteiger partial charge in [0.25, 0.3) is 0 Å². The molecule has 0 bridgehead atoms. The fraction of sp³-hybridized carbons (Fsp3) is 0.455. The van der Waals surface area contributed by atoms with Crippen molar-refractivity contribution in [1.29, 1.82) is 0 Å². The van der Waals surface area contributed by atoms with Crippen LogP contribution in [0.3, 0.4) is 0 Å². The predicted molar refractivity (Wildman–Crippen MR) is 63.1 cm³/mol. The van der Waals surface area contributed by atoms with Gasteiger partial charge in [-0.2, -0.15) is 0 Å². The normalized spacial score (nSPS) is 17.5. The molecular formula is C11H15ClN2O. The van der Waals surface area contributed by atoms with Crippen LogP contribution in [-0.4, -0.2) is 17.8 Å². The minimum absolute atomic E-state index is 0.291. The fourth-order valence-electron chi connectivity index (χ4n) is 1.58. The van der Waals surface area contributed by atoms with Gasteiger partial charge in [0.1, 0.15) is 0 Å². The number of nitrogens with two attached hydrogens (primary N) is 1. The summed E-state index contributed by atoms with van der Waals surface area (Å²) >= 11 is 5.98. The zero-order chi connectivity index (χ0) is 10.8. The summed E-state index contributed by atoms with van der Waals surface area (Å²) in [4.78, 5) is 0. The average Bonchev–Trinajstić information content (AvgIpc) is 2.99. The van der Waals surface area contributed by atoms with Crippen molar-refractivity contribution in [1.82, 2.24) is 0 Å². The number of nitrogen functional groups attached to an aromatic ring is 1. The Bertz CT molecular complexity index is 332. The van der Waals surface area contributed by atoms with Crippen molar-refractivity contribution in [2.24, 2.45) is 5.92 Å². The standard InChI is InChI=1S/C11H15ClN2O/c12-8-2-1-3-9(13)11(8)14-6-10(15)7-4-5-7/h1-3,7,10,14-15H,4-6,13H2. The van der Waals surface area contributed by atoms with E-state index >= 15 is 0 Å². The van der Waals surface area contributed by atoms with Crippen molar-refractivity contribution in [3.63, 3.8) is 0 Å². The second kappa shape index (κ2) is 4.29. The lowest BCUT2D eigenvalue weighted by atomic mass is 10.2. The van der Waals surface area contributed by atoms with Crippen LogP contribution >= 0.6 is 11.6 Å². The van der Waals surface area contributed by atoms with Crippen LogP contribution in [0.4, 0.5) is 11.4 Å². The van der Waals surface area contributed by atoms with Gasteiger partial charge in [-0.1, -0.05) is 17.7 Å². The Labute approximate surface area is 94.2 Å². The third-order valence-electron chi connectivity index (χ3n) is 2.70. The van der Waals surface area contributed by atoms with Crippen molar-refractivity contribution in [2.45, 2.75) is 18.9 Å². The molecule has 0 amide bonds. The number of aliphatic hydroxyl groups excluding tert-OH is 1. The van der Waals surface area contributed by atoms with Gasteiger partial charge in [0, 0.05) is 6.54 Å². The molecule has 1 unspecified atom stereocenters. The third kappa shape index (κ3) is 2.55. The molecule has 4 heteroatoms. The van der Waals surface area contributed by atoms with Gasteiger partial charge < -0.3 is 16.2 Å². The van der Waals surface area contributed by atoms with Gasteiger partial charge in [0.2, 0.25) is 0 Å². The van der Waals surface area contributed by atoms with Gasteiger partial charge in [-0.15, -0.1) is 0 Å². The van der Waals surface area contributed by atoms with Crippen LogP contribution in [-0.2, 0) is 0 Å². The molecule has 15 heavy (non-hydrogen) atoms. The van der Waals surface area contributed by atoms with Crippen LogP contribution in [0.1, 0.15) is 12.8 Å². The zero-order valence-corrected chi connectivity index (χ0v) is 9.17. The van der Waals surface area contributed by atoms with Gasteiger partial charge in [-0.25, -0.2) is 0 Å². The van der Waals surface area contributed by atoms with Crippen molar-refractivity contribution in [3.8, 4) is 0 Å². The highest BCUT2D eigenvalue weighted by atomic mass is 35.5. The predicted octanol–water partition coefficient (Wildman–Crippen LogP) is 2.10. The number of anilines is 2. The van der Waals surface area contributed by atoms with Crippen LogP contribution in [0.25, 0.3) is 0 Å². The molecule has 1 atom stereocenters. The van der Waals surface area contributed by atoms with Crippen molar-refractivity contribution in [3.05, 3.63) is 23.2 Å². The van der Waals surface area contributed by atoms with Gasteiger partial charge in [-0.05, 0) is 30.9 Å². The lowest BCUT2D eigenvalue weighted by molar-refractivity contribution is 0.164. The largest absolute Gasteiger partial charge is 0.397 e. The Balaban J connectivity index is 1.97. The lowest BCUT2D eigenvalue weighted by Gasteiger charge is -2.14. The van der Waals surface area contributed by atoms with Crippen molar-refractivity contribution >= 4 is 23.0 Å². The Morgan fingerprint density at radius 1 is 1.53 bits per heavy atom. The minimum atomic E-state index is -0.291. The first-order valence-electron chi connectivity index (χ1n) is 5.14. The molecule has 1 aliphatic carbocycles. The number of halogens is 1. The number of nitrogens with one attached hydrogen (secondary N) is 1. The molecule has 1 fully saturated rings. The van der Waals surface area contributed by atoms with Crippen LogP contribution in [0.5, 0.6) is 0 Å². The summed E-state index contributed by atoms with van der Waals surface area (Å²) in [6.45, 7) is 0.513. The molecular weight excluding hydrogens is 212 g/mol.